The van der Waals surface area contributed by atoms with Crippen LogP contribution in [0, 0.1) is 0 Å². The number of likely N-dealkylation sites (N-methyl/N-ethyl adjacent to an activating group) is 2. The van der Waals surface area contributed by atoms with E-state index in [1.807, 2.05) is 17.9 Å². The molecular formula is C16H32N4. The zero-order chi connectivity index (χ0) is 15.2. The van der Waals surface area contributed by atoms with Gasteiger partial charge < -0.3 is 5.32 Å². The first-order valence-corrected chi connectivity index (χ1v) is 7.92. The Kier molecular flexibility index (Phi) is 6.69. The maximum absolute atomic E-state index is 4.26. The van der Waals surface area contributed by atoms with E-state index >= 15 is 0 Å². The van der Waals surface area contributed by atoms with Crippen LogP contribution < -0.4 is 5.32 Å². The van der Waals surface area contributed by atoms with Gasteiger partial charge in [0.2, 0.25) is 0 Å². The molecule has 4 heteroatoms. The summed E-state index contributed by atoms with van der Waals surface area (Å²) in [6.45, 7) is 11.4. The molecule has 1 aromatic heterocycles. The summed E-state index contributed by atoms with van der Waals surface area (Å²) < 4.78 is 1.98. The minimum Gasteiger partial charge on any atom is -0.315 e. The summed E-state index contributed by atoms with van der Waals surface area (Å²) in [4.78, 5) is 2.58. The summed E-state index contributed by atoms with van der Waals surface area (Å²) in [5.41, 5.74) is 1.51. The minimum absolute atomic E-state index is 0.205. The van der Waals surface area contributed by atoms with Gasteiger partial charge in [-0.05, 0) is 52.4 Å². The molecule has 1 N–H and O–H groups in total. The molecular weight excluding hydrogens is 248 g/mol. The standard InChI is InChI=1S/C16H32N4/c1-7-16(4,20(8-2)9-3)15(17-5)11-10-14-12-13-18-19(14)6/h12-13,15,17H,7-11H2,1-6H3. The quantitative estimate of drug-likeness (QED) is 0.754. The average Bonchev–Trinajstić information content (AvgIpc) is 2.86. The molecule has 0 fully saturated rings. The van der Waals surface area contributed by atoms with Crippen LogP contribution in [-0.4, -0.2) is 46.4 Å². The third kappa shape index (κ3) is 3.61. The largest absolute Gasteiger partial charge is 0.315 e. The molecule has 116 valence electrons. The van der Waals surface area contributed by atoms with Gasteiger partial charge in [0.15, 0.2) is 0 Å². The van der Waals surface area contributed by atoms with Crippen LogP contribution in [0.15, 0.2) is 12.3 Å². The van der Waals surface area contributed by atoms with Gasteiger partial charge >= 0.3 is 0 Å². The molecule has 0 aliphatic heterocycles. The molecule has 0 saturated heterocycles. The summed E-state index contributed by atoms with van der Waals surface area (Å²) in [6, 6.07) is 2.61. The number of hydrogen-bond donors (Lipinski definition) is 1. The molecule has 2 atom stereocenters. The Morgan fingerprint density at radius 3 is 2.40 bits per heavy atom. The van der Waals surface area contributed by atoms with Gasteiger partial charge in [0.25, 0.3) is 0 Å². The summed E-state index contributed by atoms with van der Waals surface area (Å²) in [5.74, 6) is 0. The number of hydrogen-bond acceptors (Lipinski definition) is 3. The monoisotopic (exact) mass is 280 g/mol. The van der Waals surface area contributed by atoms with E-state index in [4.69, 9.17) is 0 Å². The molecule has 0 radical (unpaired) electrons. The molecule has 0 bridgehead atoms. The lowest BCUT2D eigenvalue weighted by molar-refractivity contribution is 0.0696. The van der Waals surface area contributed by atoms with E-state index in [9.17, 15) is 0 Å². The highest BCUT2D eigenvalue weighted by Crippen LogP contribution is 2.26. The SMILES string of the molecule is CCN(CC)C(C)(CC)C(CCc1ccnn1C)NC. The van der Waals surface area contributed by atoms with Crippen molar-refractivity contribution in [2.24, 2.45) is 7.05 Å². The van der Waals surface area contributed by atoms with Gasteiger partial charge in [-0.2, -0.15) is 5.10 Å². The highest BCUT2D eigenvalue weighted by Gasteiger charge is 2.35. The zero-order valence-corrected chi connectivity index (χ0v) is 14.1. The Hall–Kier alpha value is -0.870. The number of nitrogens with one attached hydrogen (secondary N) is 1. The van der Waals surface area contributed by atoms with Gasteiger partial charge in [-0.3, -0.25) is 9.58 Å². The predicted octanol–water partition coefficient (Wildman–Crippen LogP) is 2.45. The van der Waals surface area contributed by atoms with Crippen LogP contribution in [0.1, 0.15) is 46.2 Å². The highest BCUT2D eigenvalue weighted by atomic mass is 15.3. The number of rotatable bonds is 9. The van der Waals surface area contributed by atoms with Crippen LogP contribution in [-0.2, 0) is 13.5 Å². The number of aryl methyl sites for hydroxylation is 2. The Labute approximate surface area is 124 Å². The lowest BCUT2D eigenvalue weighted by Gasteiger charge is -2.46. The highest BCUT2D eigenvalue weighted by molar-refractivity contribution is 5.03. The fourth-order valence-electron chi connectivity index (χ4n) is 3.34. The first kappa shape index (κ1) is 17.2. The molecule has 0 amide bonds. The Morgan fingerprint density at radius 1 is 1.35 bits per heavy atom. The predicted molar refractivity (Wildman–Crippen MR) is 86.0 cm³/mol. The van der Waals surface area contributed by atoms with E-state index in [-0.39, 0.29) is 5.54 Å². The second kappa shape index (κ2) is 7.79. The molecule has 0 aliphatic rings. The van der Waals surface area contributed by atoms with Gasteiger partial charge in [-0.25, -0.2) is 0 Å². The molecule has 0 spiro atoms. The van der Waals surface area contributed by atoms with Crippen LogP contribution in [0.4, 0.5) is 0 Å². The van der Waals surface area contributed by atoms with Crippen molar-refractivity contribution in [3.8, 4) is 0 Å². The van der Waals surface area contributed by atoms with Crippen LogP contribution in [0.5, 0.6) is 0 Å². The maximum atomic E-state index is 4.26. The van der Waals surface area contributed by atoms with Crippen LogP contribution in [0.25, 0.3) is 0 Å². The van der Waals surface area contributed by atoms with Crippen LogP contribution in [0.2, 0.25) is 0 Å². The van der Waals surface area contributed by atoms with E-state index < -0.39 is 0 Å². The van der Waals surface area contributed by atoms with Crippen LogP contribution in [0.3, 0.4) is 0 Å². The molecule has 4 nitrogen and oxygen atoms in total. The van der Waals surface area contributed by atoms with E-state index in [2.05, 4.69) is 56.1 Å². The fourth-order valence-corrected chi connectivity index (χ4v) is 3.34. The molecule has 1 rings (SSSR count). The first-order chi connectivity index (χ1) is 9.53. The van der Waals surface area contributed by atoms with Crippen LogP contribution >= 0.6 is 0 Å². The van der Waals surface area contributed by atoms with Gasteiger partial charge in [0.1, 0.15) is 0 Å². The summed E-state index contributed by atoms with van der Waals surface area (Å²) in [5, 5.41) is 7.81. The van der Waals surface area contributed by atoms with Gasteiger partial charge in [0.05, 0.1) is 0 Å². The van der Waals surface area contributed by atoms with Crippen molar-refractivity contribution in [2.75, 3.05) is 20.1 Å². The topological polar surface area (TPSA) is 33.1 Å². The van der Waals surface area contributed by atoms with Crippen molar-refractivity contribution in [3.05, 3.63) is 18.0 Å². The van der Waals surface area contributed by atoms with E-state index in [1.54, 1.807) is 0 Å². The molecule has 2 unspecified atom stereocenters. The lowest BCUT2D eigenvalue weighted by atomic mass is 9.84. The molecule has 20 heavy (non-hydrogen) atoms. The van der Waals surface area contributed by atoms with Crippen molar-refractivity contribution in [1.29, 1.82) is 0 Å². The fraction of sp³-hybridized carbons (Fsp3) is 0.812. The third-order valence-corrected chi connectivity index (χ3v) is 4.91. The van der Waals surface area contributed by atoms with Gasteiger partial charge in [-0.1, -0.05) is 20.8 Å². The summed E-state index contributed by atoms with van der Waals surface area (Å²) >= 11 is 0. The Morgan fingerprint density at radius 2 is 2.00 bits per heavy atom. The summed E-state index contributed by atoms with van der Waals surface area (Å²) in [7, 11) is 4.11. The zero-order valence-electron chi connectivity index (χ0n) is 14.1. The second-order valence-electron chi connectivity index (χ2n) is 5.71. The Bertz CT molecular complexity index is 384. The van der Waals surface area contributed by atoms with E-state index in [1.165, 1.54) is 5.69 Å². The van der Waals surface area contributed by atoms with E-state index in [0.717, 1.165) is 32.4 Å². The smallest absolute Gasteiger partial charge is 0.0492 e. The maximum Gasteiger partial charge on any atom is 0.0492 e. The molecule has 1 aromatic rings. The van der Waals surface area contributed by atoms with Crippen molar-refractivity contribution in [2.45, 2.75) is 58.5 Å². The number of aromatic nitrogens is 2. The minimum atomic E-state index is 0.205. The average molecular weight is 280 g/mol. The van der Waals surface area contributed by atoms with Crippen molar-refractivity contribution >= 4 is 0 Å². The normalized spacial score (nSPS) is 16.4. The molecule has 1 heterocycles. The molecule has 0 aromatic carbocycles. The molecule has 0 saturated carbocycles. The van der Waals surface area contributed by atoms with Gasteiger partial charge in [0, 0.05) is 30.5 Å². The molecule has 0 aliphatic carbocycles. The number of nitrogens with zero attached hydrogens (tertiary/aromatic N) is 3. The second-order valence-corrected chi connectivity index (χ2v) is 5.71. The van der Waals surface area contributed by atoms with Gasteiger partial charge in [-0.15, -0.1) is 0 Å². The van der Waals surface area contributed by atoms with Crippen molar-refractivity contribution in [1.82, 2.24) is 20.0 Å². The lowest BCUT2D eigenvalue weighted by Crippen LogP contribution is -2.58. The van der Waals surface area contributed by atoms with Crippen molar-refractivity contribution < 1.29 is 0 Å². The van der Waals surface area contributed by atoms with E-state index in [0.29, 0.717) is 6.04 Å². The third-order valence-electron chi connectivity index (χ3n) is 4.91. The Balaban J connectivity index is 2.79. The first-order valence-electron chi connectivity index (χ1n) is 7.92. The van der Waals surface area contributed by atoms with Crippen molar-refractivity contribution in [3.63, 3.8) is 0 Å². The summed E-state index contributed by atoms with van der Waals surface area (Å²) in [6.07, 6.45) is 5.24.